The first-order valence-electron chi connectivity index (χ1n) is 9.54. The Morgan fingerprint density at radius 1 is 1.27 bits per heavy atom. The second-order valence-corrected chi connectivity index (χ2v) is 7.89. The van der Waals surface area contributed by atoms with Crippen LogP contribution in [0, 0.1) is 12.7 Å². The van der Waals surface area contributed by atoms with E-state index in [4.69, 9.17) is 4.74 Å². The van der Waals surface area contributed by atoms with Crippen LogP contribution in [0.1, 0.15) is 41.4 Å². The standard InChI is InChI=1S/C21H24F3N3O3/c1-13-9-15(5-6-16(13)22)25-18(28)14-10-17(27(3)11-14)21(23,24)19(29)26-20(2)7-4-8-30-12-20/h5-6,9-11H,4,7-8,12H2,1-3H3,(H,25,28)(H,26,29). The van der Waals surface area contributed by atoms with E-state index in [9.17, 15) is 22.8 Å². The van der Waals surface area contributed by atoms with Crippen LogP contribution in [0.3, 0.4) is 0 Å². The summed E-state index contributed by atoms with van der Waals surface area (Å²) in [6.45, 7) is 3.90. The fraction of sp³-hybridized carbons (Fsp3) is 0.429. The molecule has 1 unspecified atom stereocenters. The van der Waals surface area contributed by atoms with Crippen LogP contribution in [0.25, 0.3) is 0 Å². The third-order valence-electron chi connectivity index (χ3n) is 5.14. The Labute approximate surface area is 172 Å². The normalized spacial score (nSPS) is 19.4. The van der Waals surface area contributed by atoms with Gasteiger partial charge in [0.15, 0.2) is 0 Å². The number of anilines is 1. The van der Waals surface area contributed by atoms with Gasteiger partial charge in [-0.3, -0.25) is 9.59 Å². The molecule has 0 radical (unpaired) electrons. The lowest BCUT2D eigenvalue weighted by atomic mass is 9.94. The van der Waals surface area contributed by atoms with Gasteiger partial charge < -0.3 is 19.9 Å². The summed E-state index contributed by atoms with van der Waals surface area (Å²) < 4.78 is 49.5. The van der Waals surface area contributed by atoms with Crippen molar-refractivity contribution in [1.29, 1.82) is 0 Å². The molecule has 0 spiro atoms. The summed E-state index contributed by atoms with van der Waals surface area (Å²) in [5.41, 5.74) is -0.858. The lowest BCUT2D eigenvalue weighted by molar-refractivity contribution is -0.151. The van der Waals surface area contributed by atoms with E-state index in [1.54, 1.807) is 13.8 Å². The molecule has 0 saturated carbocycles. The van der Waals surface area contributed by atoms with Gasteiger partial charge in [-0.15, -0.1) is 0 Å². The van der Waals surface area contributed by atoms with E-state index in [0.717, 1.165) is 10.6 Å². The number of aromatic nitrogens is 1. The molecule has 1 aromatic carbocycles. The van der Waals surface area contributed by atoms with Crippen molar-refractivity contribution in [3.05, 3.63) is 53.1 Å². The maximum absolute atomic E-state index is 14.9. The molecule has 1 saturated heterocycles. The minimum absolute atomic E-state index is 0.0471. The van der Waals surface area contributed by atoms with Crippen LogP contribution >= 0.6 is 0 Å². The van der Waals surface area contributed by atoms with Gasteiger partial charge in [-0.25, -0.2) is 4.39 Å². The largest absolute Gasteiger partial charge is 0.379 e. The summed E-state index contributed by atoms with van der Waals surface area (Å²) in [7, 11) is 1.33. The van der Waals surface area contributed by atoms with Gasteiger partial charge in [-0.2, -0.15) is 8.78 Å². The van der Waals surface area contributed by atoms with Crippen molar-refractivity contribution in [3.8, 4) is 0 Å². The van der Waals surface area contributed by atoms with E-state index < -0.39 is 34.8 Å². The number of carbonyl (C=O) groups excluding carboxylic acids is 2. The molecule has 0 bridgehead atoms. The molecule has 6 nitrogen and oxygen atoms in total. The van der Waals surface area contributed by atoms with Crippen molar-refractivity contribution < 1.29 is 27.5 Å². The van der Waals surface area contributed by atoms with Crippen molar-refractivity contribution in [1.82, 2.24) is 9.88 Å². The van der Waals surface area contributed by atoms with E-state index in [1.807, 2.05) is 0 Å². The van der Waals surface area contributed by atoms with Crippen LogP contribution in [-0.4, -0.2) is 35.1 Å². The van der Waals surface area contributed by atoms with Crippen LogP contribution in [0.2, 0.25) is 0 Å². The zero-order valence-electron chi connectivity index (χ0n) is 17.0. The molecular weight excluding hydrogens is 399 g/mol. The van der Waals surface area contributed by atoms with Crippen LogP contribution in [0.15, 0.2) is 30.5 Å². The van der Waals surface area contributed by atoms with Crippen LogP contribution < -0.4 is 10.6 Å². The fourth-order valence-corrected chi connectivity index (χ4v) is 3.43. The Balaban J connectivity index is 1.77. The van der Waals surface area contributed by atoms with Crippen LogP contribution in [0.4, 0.5) is 18.9 Å². The van der Waals surface area contributed by atoms with Crippen LogP contribution in [0.5, 0.6) is 0 Å². The number of nitrogens with zero attached hydrogens (tertiary/aromatic N) is 1. The molecule has 2 amide bonds. The molecule has 2 N–H and O–H groups in total. The van der Waals surface area contributed by atoms with E-state index in [0.29, 0.717) is 30.7 Å². The number of nitrogens with one attached hydrogen (secondary N) is 2. The first-order valence-corrected chi connectivity index (χ1v) is 9.54. The van der Waals surface area contributed by atoms with E-state index in [-0.39, 0.29) is 12.2 Å². The van der Waals surface area contributed by atoms with Crippen molar-refractivity contribution in [2.45, 2.75) is 38.2 Å². The molecule has 30 heavy (non-hydrogen) atoms. The maximum atomic E-state index is 14.9. The van der Waals surface area contributed by atoms with E-state index in [1.165, 1.54) is 31.4 Å². The Hall–Kier alpha value is -2.81. The molecule has 2 aromatic rings. The molecule has 3 rings (SSSR count). The Bertz CT molecular complexity index is 966. The molecule has 162 valence electrons. The van der Waals surface area contributed by atoms with Gasteiger partial charge in [0.1, 0.15) is 5.82 Å². The SMILES string of the molecule is Cc1cc(NC(=O)c2cc(C(F)(F)C(=O)NC3(C)CCCOC3)n(C)c2)ccc1F. The lowest BCUT2D eigenvalue weighted by Gasteiger charge is -2.35. The molecule has 1 fully saturated rings. The van der Waals surface area contributed by atoms with Crippen molar-refractivity contribution in [3.63, 3.8) is 0 Å². The van der Waals surface area contributed by atoms with Crippen molar-refractivity contribution in [2.75, 3.05) is 18.5 Å². The van der Waals surface area contributed by atoms with Gasteiger partial charge in [0.05, 0.1) is 23.4 Å². The number of benzene rings is 1. The number of aryl methyl sites for hydroxylation is 2. The number of halogens is 3. The second kappa shape index (κ2) is 8.14. The number of hydrogen-bond acceptors (Lipinski definition) is 3. The fourth-order valence-electron chi connectivity index (χ4n) is 3.43. The van der Waals surface area contributed by atoms with Crippen molar-refractivity contribution >= 4 is 17.5 Å². The van der Waals surface area contributed by atoms with Gasteiger partial charge in [-0.1, -0.05) is 0 Å². The minimum atomic E-state index is -3.85. The molecule has 2 heterocycles. The number of hydrogen-bond donors (Lipinski definition) is 2. The minimum Gasteiger partial charge on any atom is -0.379 e. The maximum Gasteiger partial charge on any atom is 0.364 e. The monoisotopic (exact) mass is 423 g/mol. The number of amides is 2. The molecule has 1 atom stereocenters. The smallest absolute Gasteiger partial charge is 0.364 e. The molecule has 1 aromatic heterocycles. The average Bonchev–Trinajstić information content (AvgIpc) is 3.07. The highest BCUT2D eigenvalue weighted by atomic mass is 19.3. The highest BCUT2D eigenvalue weighted by molar-refractivity contribution is 6.04. The highest BCUT2D eigenvalue weighted by Gasteiger charge is 2.46. The summed E-state index contributed by atoms with van der Waals surface area (Å²) in [6, 6.07) is 4.99. The zero-order valence-corrected chi connectivity index (χ0v) is 17.0. The van der Waals surface area contributed by atoms with Gasteiger partial charge in [-0.05, 0) is 56.5 Å². The third kappa shape index (κ3) is 4.51. The predicted octanol–water partition coefficient (Wildman–Crippen LogP) is 3.50. The summed E-state index contributed by atoms with van der Waals surface area (Å²) in [6.07, 6.45) is 2.42. The summed E-state index contributed by atoms with van der Waals surface area (Å²) in [5.74, 6) is -6.36. The van der Waals surface area contributed by atoms with E-state index >= 15 is 0 Å². The number of alkyl halides is 2. The average molecular weight is 423 g/mol. The van der Waals surface area contributed by atoms with Gasteiger partial charge in [0.2, 0.25) is 0 Å². The zero-order chi connectivity index (χ0) is 22.1. The predicted molar refractivity (Wildman–Crippen MR) is 105 cm³/mol. The molecule has 0 aliphatic carbocycles. The first-order chi connectivity index (χ1) is 14.0. The van der Waals surface area contributed by atoms with Gasteiger partial charge in [0, 0.05) is 25.5 Å². The number of carbonyl (C=O) groups is 2. The van der Waals surface area contributed by atoms with Crippen molar-refractivity contribution in [2.24, 2.45) is 7.05 Å². The molecule has 1 aliphatic heterocycles. The Kier molecular flexibility index (Phi) is 5.94. The summed E-state index contributed by atoms with van der Waals surface area (Å²) in [5, 5.41) is 4.93. The number of rotatable bonds is 5. The quantitative estimate of drug-likeness (QED) is 0.773. The highest BCUT2D eigenvalue weighted by Crippen LogP contribution is 2.31. The van der Waals surface area contributed by atoms with Gasteiger partial charge in [0.25, 0.3) is 11.8 Å². The summed E-state index contributed by atoms with van der Waals surface area (Å²) in [4.78, 5) is 24.8. The topological polar surface area (TPSA) is 72.4 Å². The van der Waals surface area contributed by atoms with Gasteiger partial charge >= 0.3 is 5.92 Å². The first kappa shape index (κ1) is 21.9. The molecule has 9 heteroatoms. The lowest BCUT2D eigenvalue weighted by Crippen LogP contribution is -2.55. The van der Waals surface area contributed by atoms with Crippen LogP contribution in [-0.2, 0) is 22.5 Å². The molecule has 1 aliphatic rings. The third-order valence-corrected chi connectivity index (χ3v) is 5.14. The second-order valence-electron chi connectivity index (χ2n) is 7.89. The number of ether oxygens (including phenoxy) is 1. The molecular formula is C21H24F3N3O3. The summed E-state index contributed by atoms with van der Waals surface area (Å²) >= 11 is 0. The Morgan fingerprint density at radius 2 is 2.00 bits per heavy atom. The van der Waals surface area contributed by atoms with E-state index in [2.05, 4.69) is 10.6 Å². The Morgan fingerprint density at radius 3 is 2.63 bits per heavy atom.